The highest BCUT2D eigenvalue weighted by molar-refractivity contribution is 5.83. The van der Waals surface area contributed by atoms with Crippen LogP contribution in [0.2, 0.25) is 0 Å². The Morgan fingerprint density at radius 2 is 1.06 bits per heavy atom. The fourth-order valence-corrected chi connectivity index (χ4v) is 10.0. The second kappa shape index (κ2) is 7.00. The van der Waals surface area contributed by atoms with Gasteiger partial charge in [-0.25, -0.2) is 0 Å². The van der Waals surface area contributed by atoms with Crippen LogP contribution in [0.25, 0.3) is 22.3 Å². The lowest BCUT2D eigenvalue weighted by Crippen LogP contribution is -2.56. The molecule has 0 radical (unpaired) electrons. The summed E-state index contributed by atoms with van der Waals surface area (Å²) in [6.45, 7) is 0. The van der Waals surface area contributed by atoms with Crippen molar-refractivity contribution in [2.24, 2.45) is 23.7 Å². The summed E-state index contributed by atoms with van der Waals surface area (Å²) in [5, 5.41) is 0. The zero-order chi connectivity index (χ0) is 23.4. The number of benzene rings is 4. The minimum absolute atomic E-state index is 0.142. The lowest BCUT2D eigenvalue weighted by molar-refractivity contribution is -0.0418. The Bertz CT molecular complexity index is 1520. The van der Waals surface area contributed by atoms with E-state index in [1.807, 2.05) is 0 Å². The van der Waals surface area contributed by atoms with Crippen LogP contribution in [-0.4, -0.2) is 0 Å². The van der Waals surface area contributed by atoms with Gasteiger partial charge >= 0.3 is 0 Å². The summed E-state index contributed by atoms with van der Waals surface area (Å²) in [6.07, 6.45) is 9.39. The van der Waals surface area contributed by atoms with Gasteiger partial charge in [-0.2, -0.15) is 0 Å². The third kappa shape index (κ3) is 2.41. The van der Waals surface area contributed by atoms with E-state index in [2.05, 4.69) is 84.9 Å². The number of fused-ring (bicyclic) bond motifs is 6. The van der Waals surface area contributed by atoms with E-state index in [4.69, 9.17) is 0 Å². The van der Waals surface area contributed by atoms with Crippen molar-refractivity contribution in [2.75, 3.05) is 0 Å². The first-order chi connectivity index (χ1) is 17.8. The van der Waals surface area contributed by atoms with Crippen LogP contribution in [0.1, 0.15) is 65.5 Å². The highest BCUT2D eigenvalue weighted by atomic mass is 14.6. The number of hydrogen-bond donors (Lipinski definition) is 0. The third-order valence-corrected chi connectivity index (χ3v) is 11.0. The molecule has 36 heavy (non-hydrogen) atoms. The van der Waals surface area contributed by atoms with Crippen molar-refractivity contribution in [3.05, 3.63) is 118 Å². The quantitative estimate of drug-likeness (QED) is 0.241. The van der Waals surface area contributed by atoms with E-state index in [1.54, 1.807) is 27.8 Å². The predicted octanol–water partition coefficient (Wildman–Crippen LogP) is 8.57. The highest BCUT2D eigenvalue weighted by Gasteiger charge is 2.60. The first-order valence-electron chi connectivity index (χ1n) is 14.2. The molecule has 6 aliphatic carbocycles. The van der Waals surface area contributed by atoms with E-state index in [9.17, 15) is 0 Å². The Kier molecular flexibility index (Phi) is 3.89. The molecule has 0 aromatic heterocycles. The standard InChI is InChI=1S/C36H32/c1-3-10-29-25(8-1)21-32-31(29)12-6-13-33(32)36(27-16-22-15-23(18-27)19-28(36)17-22)34-14-5-9-26-20-24-7-2-4-11-30(24)35(26)34/h1-14,22-23,27-28H,15-21H2. The van der Waals surface area contributed by atoms with E-state index >= 15 is 0 Å². The van der Waals surface area contributed by atoms with Crippen LogP contribution in [0.4, 0.5) is 0 Å². The van der Waals surface area contributed by atoms with Crippen LogP contribution in [-0.2, 0) is 18.3 Å². The van der Waals surface area contributed by atoms with Gasteiger partial charge in [0.2, 0.25) is 0 Å². The molecule has 4 bridgehead atoms. The molecule has 10 rings (SSSR count). The van der Waals surface area contributed by atoms with Crippen molar-refractivity contribution in [1.82, 2.24) is 0 Å². The predicted molar refractivity (Wildman–Crippen MR) is 147 cm³/mol. The molecule has 0 heteroatoms. The first kappa shape index (κ1) is 20.0. The summed E-state index contributed by atoms with van der Waals surface area (Å²) in [5.41, 5.74) is 15.8. The second-order valence-corrected chi connectivity index (χ2v) is 12.5. The lowest BCUT2D eigenvalue weighted by Gasteiger charge is -2.62. The molecule has 4 aromatic carbocycles. The Morgan fingerprint density at radius 1 is 0.472 bits per heavy atom. The molecular weight excluding hydrogens is 432 g/mol. The zero-order valence-corrected chi connectivity index (χ0v) is 20.8. The monoisotopic (exact) mass is 464 g/mol. The average Bonchev–Trinajstić information content (AvgIpc) is 3.47. The maximum atomic E-state index is 2.56. The smallest absolute Gasteiger partial charge is 0.0268 e. The van der Waals surface area contributed by atoms with Gasteiger partial charge in [0.05, 0.1) is 0 Å². The topological polar surface area (TPSA) is 0 Å². The molecule has 176 valence electrons. The van der Waals surface area contributed by atoms with Crippen molar-refractivity contribution in [1.29, 1.82) is 0 Å². The van der Waals surface area contributed by atoms with Gasteiger partial charge < -0.3 is 0 Å². The van der Waals surface area contributed by atoms with Gasteiger partial charge in [0.1, 0.15) is 0 Å². The summed E-state index contributed by atoms with van der Waals surface area (Å²) < 4.78 is 0. The Morgan fingerprint density at radius 3 is 1.83 bits per heavy atom. The molecule has 0 unspecified atom stereocenters. The average molecular weight is 465 g/mol. The molecule has 0 heterocycles. The van der Waals surface area contributed by atoms with Crippen molar-refractivity contribution >= 4 is 0 Å². The third-order valence-electron chi connectivity index (χ3n) is 11.0. The summed E-state index contributed by atoms with van der Waals surface area (Å²) >= 11 is 0. The van der Waals surface area contributed by atoms with Gasteiger partial charge in [-0.05, 0) is 124 Å². The molecule has 4 aromatic rings. The van der Waals surface area contributed by atoms with Gasteiger partial charge in [0, 0.05) is 5.41 Å². The summed E-state index contributed by atoms with van der Waals surface area (Å²) in [5.74, 6) is 3.45. The fourth-order valence-electron chi connectivity index (χ4n) is 10.0. The molecular formula is C36H32. The van der Waals surface area contributed by atoms with Gasteiger partial charge in [-0.15, -0.1) is 0 Å². The Balaban J connectivity index is 1.36. The van der Waals surface area contributed by atoms with Crippen molar-refractivity contribution in [2.45, 2.75) is 50.4 Å². The molecule has 0 spiro atoms. The summed E-state index contributed by atoms with van der Waals surface area (Å²) in [6, 6.07) is 33.1. The molecule has 0 amide bonds. The first-order valence-corrected chi connectivity index (χ1v) is 14.2. The largest absolute Gasteiger partial charge is 0.0619 e. The molecule has 0 saturated heterocycles. The molecule has 4 saturated carbocycles. The molecule has 4 fully saturated rings. The van der Waals surface area contributed by atoms with Crippen LogP contribution in [0.3, 0.4) is 0 Å². The molecule has 0 aliphatic heterocycles. The van der Waals surface area contributed by atoms with E-state index in [-0.39, 0.29) is 5.41 Å². The highest BCUT2D eigenvalue weighted by Crippen LogP contribution is 2.67. The van der Waals surface area contributed by atoms with Crippen LogP contribution >= 0.6 is 0 Å². The van der Waals surface area contributed by atoms with Crippen molar-refractivity contribution < 1.29 is 0 Å². The van der Waals surface area contributed by atoms with E-state index in [1.165, 1.54) is 59.9 Å². The zero-order valence-electron chi connectivity index (χ0n) is 20.8. The molecule has 0 N–H and O–H groups in total. The SMILES string of the molecule is c1ccc2c(c1)Cc1c-2cccc1C1(c2cccc3c2-c2ccccc2C3)C2CC3CC(C2)CC1C3. The van der Waals surface area contributed by atoms with E-state index < -0.39 is 0 Å². The van der Waals surface area contributed by atoms with Crippen LogP contribution < -0.4 is 0 Å². The van der Waals surface area contributed by atoms with E-state index in [0.717, 1.165) is 36.5 Å². The summed E-state index contributed by atoms with van der Waals surface area (Å²) in [4.78, 5) is 0. The van der Waals surface area contributed by atoms with E-state index in [0.29, 0.717) is 0 Å². The maximum absolute atomic E-state index is 2.56. The molecule has 0 nitrogen and oxygen atoms in total. The Hall–Kier alpha value is -3.12. The number of hydrogen-bond acceptors (Lipinski definition) is 0. The van der Waals surface area contributed by atoms with Gasteiger partial charge in [0.15, 0.2) is 0 Å². The van der Waals surface area contributed by atoms with Crippen molar-refractivity contribution in [3.8, 4) is 22.3 Å². The minimum atomic E-state index is 0.142. The number of rotatable bonds is 2. The normalized spacial score (nSPS) is 30.1. The van der Waals surface area contributed by atoms with Gasteiger partial charge in [-0.1, -0.05) is 84.9 Å². The lowest BCUT2D eigenvalue weighted by atomic mass is 9.41. The minimum Gasteiger partial charge on any atom is -0.0619 e. The van der Waals surface area contributed by atoms with Crippen LogP contribution in [0.5, 0.6) is 0 Å². The Labute approximate surface area is 214 Å². The van der Waals surface area contributed by atoms with Gasteiger partial charge in [0.25, 0.3) is 0 Å². The molecule has 0 atom stereocenters. The van der Waals surface area contributed by atoms with Gasteiger partial charge in [-0.3, -0.25) is 0 Å². The maximum Gasteiger partial charge on any atom is 0.0268 e. The second-order valence-electron chi connectivity index (χ2n) is 12.5. The van der Waals surface area contributed by atoms with Crippen LogP contribution in [0.15, 0.2) is 84.9 Å². The molecule has 6 aliphatic rings. The summed E-state index contributed by atoms with van der Waals surface area (Å²) in [7, 11) is 0. The fraction of sp³-hybridized carbons (Fsp3) is 0.333. The van der Waals surface area contributed by atoms with Crippen LogP contribution in [0, 0.1) is 23.7 Å². The van der Waals surface area contributed by atoms with Crippen molar-refractivity contribution in [3.63, 3.8) is 0 Å².